The lowest BCUT2D eigenvalue weighted by Crippen LogP contribution is -2.22. The number of anilines is 1. The van der Waals surface area contributed by atoms with Crippen molar-refractivity contribution in [1.29, 1.82) is 0 Å². The second kappa shape index (κ2) is 8.45. The number of carbonyl (C=O) groups excluding carboxylic acids is 1. The molecule has 1 N–H and O–H groups in total. The van der Waals surface area contributed by atoms with E-state index >= 15 is 0 Å². The summed E-state index contributed by atoms with van der Waals surface area (Å²) in [6, 6.07) is 17.1. The first-order chi connectivity index (χ1) is 14.4. The number of aromatic nitrogens is 2. The summed E-state index contributed by atoms with van der Waals surface area (Å²) in [4.78, 5) is 32.2. The molecular formula is C23H21N3O2S2. The number of hydrogen-bond acceptors (Lipinski definition) is 5. The zero-order valence-corrected chi connectivity index (χ0v) is 18.6. The Morgan fingerprint density at radius 1 is 1.07 bits per heavy atom. The van der Waals surface area contributed by atoms with Crippen molar-refractivity contribution in [1.82, 2.24) is 9.55 Å². The number of fused-ring (bicyclic) bond motifs is 1. The highest BCUT2D eigenvalue weighted by molar-refractivity contribution is 7.99. The van der Waals surface area contributed by atoms with Crippen molar-refractivity contribution in [3.05, 3.63) is 81.0 Å². The fourth-order valence-corrected chi connectivity index (χ4v) is 4.86. The van der Waals surface area contributed by atoms with Gasteiger partial charge < -0.3 is 5.32 Å². The van der Waals surface area contributed by atoms with E-state index in [1.54, 1.807) is 4.57 Å². The van der Waals surface area contributed by atoms with Gasteiger partial charge in [0.15, 0.2) is 5.16 Å². The number of benzene rings is 2. The summed E-state index contributed by atoms with van der Waals surface area (Å²) in [5.74, 6) is 0.0155. The molecule has 0 fully saturated rings. The van der Waals surface area contributed by atoms with E-state index in [4.69, 9.17) is 4.98 Å². The van der Waals surface area contributed by atoms with Gasteiger partial charge in [0.25, 0.3) is 5.56 Å². The number of amides is 1. The highest BCUT2D eigenvalue weighted by atomic mass is 32.2. The van der Waals surface area contributed by atoms with E-state index in [0.717, 1.165) is 21.8 Å². The van der Waals surface area contributed by atoms with Gasteiger partial charge in [0.2, 0.25) is 5.91 Å². The topological polar surface area (TPSA) is 64.0 Å². The maximum Gasteiger partial charge on any atom is 0.267 e. The average molecular weight is 436 g/mol. The normalized spacial score (nSPS) is 11.0. The summed E-state index contributed by atoms with van der Waals surface area (Å²) in [6.07, 6.45) is 0. The van der Waals surface area contributed by atoms with Crippen LogP contribution >= 0.6 is 23.1 Å². The van der Waals surface area contributed by atoms with Crippen LogP contribution in [0.15, 0.2) is 64.5 Å². The van der Waals surface area contributed by atoms with E-state index in [-0.39, 0.29) is 17.2 Å². The van der Waals surface area contributed by atoms with Gasteiger partial charge in [-0.1, -0.05) is 36.0 Å². The molecule has 0 atom stereocenters. The molecule has 2 aromatic heterocycles. The zero-order valence-electron chi connectivity index (χ0n) is 16.9. The fraction of sp³-hybridized carbons (Fsp3) is 0.174. The molecule has 0 radical (unpaired) electrons. The van der Waals surface area contributed by atoms with Gasteiger partial charge in [-0.05, 0) is 62.2 Å². The maximum absolute atomic E-state index is 13.2. The predicted molar refractivity (Wildman–Crippen MR) is 125 cm³/mol. The molecule has 0 unspecified atom stereocenters. The molecule has 30 heavy (non-hydrogen) atoms. The lowest BCUT2D eigenvalue weighted by atomic mass is 10.1. The number of carbonyl (C=O) groups is 1. The number of nitrogens with one attached hydrogen (secondary N) is 1. The van der Waals surface area contributed by atoms with E-state index in [1.165, 1.54) is 28.7 Å². The van der Waals surface area contributed by atoms with Crippen LogP contribution in [0.1, 0.15) is 16.0 Å². The molecule has 152 valence electrons. The molecule has 0 bridgehead atoms. The van der Waals surface area contributed by atoms with Gasteiger partial charge in [-0.15, -0.1) is 11.3 Å². The van der Waals surface area contributed by atoms with Gasteiger partial charge in [0.1, 0.15) is 4.83 Å². The minimum Gasteiger partial charge on any atom is -0.325 e. The van der Waals surface area contributed by atoms with Crippen LogP contribution in [0.3, 0.4) is 0 Å². The Morgan fingerprint density at radius 2 is 1.83 bits per heavy atom. The monoisotopic (exact) mass is 435 g/mol. The molecule has 0 saturated heterocycles. The Labute approximate surface area is 182 Å². The van der Waals surface area contributed by atoms with E-state index in [1.807, 2.05) is 75.4 Å². The summed E-state index contributed by atoms with van der Waals surface area (Å²) < 4.78 is 1.59. The first-order valence-electron chi connectivity index (χ1n) is 9.51. The summed E-state index contributed by atoms with van der Waals surface area (Å²) in [5, 5.41) is 4.04. The third-order valence-corrected chi connectivity index (χ3v) is 6.68. The lowest BCUT2D eigenvalue weighted by molar-refractivity contribution is -0.113. The number of thiophene rings is 1. The van der Waals surface area contributed by atoms with E-state index in [9.17, 15) is 9.59 Å². The molecule has 2 aromatic carbocycles. The lowest BCUT2D eigenvalue weighted by Gasteiger charge is -2.12. The van der Waals surface area contributed by atoms with Crippen LogP contribution in [0.2, 0.25) is 0 Å². The van der Waals surface area contributed by atoms with Gasteiger partial charge in [0, 0.05) is 10.6 Å². The van der Waals surface area contributed by atoms with Crippen LogP contribution in [-0.4, -0.2) is 21.2 Å². The minimum atomic E-state index is -0.139. The summed E-state index contributed by atoms with van der Waals surface area (Å²) in [7, 11) is 0. The molecule has 2 heterocycles. The average Bonchev–Trinajstić information content (AvgIpc) is 3.10. The standard InChI is InChI=1S/C23H21N3O2S2/c1-14-9-10-17(11-15(14)2)24-20(27)13-29-23-25-21-19(12-16(3)30-21)22(28)26(23)18-7-5-4-6-8-18/h4-12H,13H2,1-3H3,(H,24,27). The van der Waals surface area contributed by atoms with Crippen molar-refractivity contribution < 1.29 is 4.79 Å². The van der Waals surface area contributed by atoms with E-state index in [0.29, 0.717) is 15.4 Å². The molecule has 7 heteroatoms. The molecule has 0 aliphatic rings. The van der Waals surface area contributed by atoms with Crippen molar-refractivity contribution in [3.8, 4) is 5.69 Å². The second-order valence-electron chi connectivity index (χ2n) is 7.08. The SMILES string of the molecule is Cc1cc2c(=O)n(-c3ccccc3)c(SCC(=O)Nc3ccc(C)c(C)c3)nc2s1. The van der Waals surface area contributed by atoms with Crippen molar-refractivity contribution in [2.45, 2.75) is 25.9 Å². The molecule has 0 spiro atoms. The Morgan fingerprint density at radius 3 is 2.57 bits per heavy atom. The fourth-order valence-electron chi connectivity index (χ4n) is 3.13. The predicted octanol–water partition coefficient (Wildman–Crippen LogP) is 5.10. The number of para-hydroxylation sites is 1. The third kappa shape index (κ3) is 4.17. The van der Waals surface area contributed by atoms with Crippen LogP contribution in [0.5, 0.6) is 0 Å². The molecule has 4 aromatic rings. The second-order valence-corrected chi connectivity index (χ2v) is 9.26. The van der Waals surface area contributed by atoms with E-state index < -0.39 is 0 Å². The maximum atomic E-state index is 13.2. The van der Waals surface area contributed by atoms with Gasteiger partial charge in [-0.3, -0.25) is 14.2 Å². The first kappa shape index (κ1) is 20.4. The largest absolute Gasteiger partial charge is 0.325 e. The highest BCUT2D eigenvalue weighted by Gasteiger charge is 2.16. The molecule has 5 nitrogen and oxygen atoms in total. The van der Waals surface area contributed by atoms with Crippen molar-refractivity contribution in [3.63, 3.8) is 0 Å². The first-order valence-corrected chi connectivity index (χ1v) is 11.3. The molecular weight excluding hydrogens is 414 g/mol. The van der Waals surface area contributed by atoms with Crippen LogP contribution in [-0.2, 0) is 4.79 Å². The van der Waals surface area contributed by atoms with E-state index in [2.05, 4.69) is 5.32 Å². The van der Waals surface area contributed by atoms with Gasteiger partial charge in [-0.2, -0.15) is 0 Å². The molecule has 4 rings (SSSR count). The zero-order chi connectivity index (χ0) is 21.3. The number of hydrogen-bond donors (Lipinski definition) is 1. The quantitative estimate of drug-likeness (QED) is 0.350. The third-order valence-electron chi connectivity index (χ3n) is 4.80. The smallest absolute Gasteiger partial charge is 0.267 e. The van der Waals surface area contributed by atoms with Crippen LogP contribution in [0.4, 0.5) is 5.69 Å². The van der Waals surface area contributed by atoms with Crippen LogP contribution < -0.4 is 10.9 Å². The molecule has 0 aliphatic heterocycles. The number of aryl methyl sites for hydroxylation is 3. The van der Waals surface area contributed by atoms with Crippen LogP contribution in [0, 0.1) is 20.8 Å². The molecule has 0 saturated carbocycles. The van der Waals surface area contributed by atoms with Crippen molar-refractivity contribution >= 4 is 44.9 Å². The number of nitrogens with zero attached hydrogens (tertiary/aromatic N) is 2. The Hall–Kier alpha value is -2.90. The van der Waals surface area contributed by atoms with Crippen molar-refractivity contribution in [2.24, 2.45) is 0 Å². The molecule has 0 aliphatic carbocycles. The molecule has 1 amide bonds. The Bertz CT molecular complexity index is 1290. The Kier molecular flexibility index (Phi) is 5.74. The Balaban J connectivity index is 1.63. The van der Waals surface area contributed by atoms with Crippen LogP contribution in [0.25, 0.3) is 15.9 Å². The minimum absolute atomic E-state index is 0.118. The van der Waals surface area contributed by atoms with Crippen molar-refractivity contribution in [2.75, 3.05) is 11.1 Å². The van der Waals surface area contributed by atoms with Gasteiger partial charge in [-0.25, -0.2) is 4.98 Å². The van der Waals surface area contributed by atoms with Gasteiger partial charge in [0.05, 0.1) is 16.8 Å². The van der Waals surface area contributed by atoms with Gasteiger partial charge >= 0.3 is 0 Å². The number of rotatable bonds is 5. The summed E-state index contributed by atoms with van der Waals surface area (Å²) >= 11 is 2.75. The number of thioether (sulfide) groups is 1. The summed E-state index contributed by atoms with van der Waals surface area (Å²) in [5.41, 5.74) is 3.68. The summed E-state index contributed by atoms with van der Waals surface area (Å²) in [6.45, 7) is 6.01. The highest BCUT2D eigenvalue weighted by Crippen LogP contribution is 2.26.